The fraction of sp³-hybridized carbons (Fsp3) is 0.750. The Labute approximate surface area is 50.8 Å². The van der Waals surface area contributed by atoms with E-state index >= 15 is 0 Å². The molecule has 0 aliphatic rings. The molecule has 1 unspecified atom stereocenters. The number of isocyanates is 1. The zero-order valence-electron chi connectivity index (χ0n) is 4.02. The van der Waals surface area contributed by atoms with Crippen molar-refractivity contribution < 1.29 is 4.79 Å². The third-order valence-electron chi connectivity index (χ3n) is 0.530. The summed E-state index contributed by atoms with van der Waals surface area (Å²) in [6.07, 6.45) is 2.28. The van der Waals surface area contributed by atoms with Crippen LogP contribution in [0, 0.1) is 0 Å². The minimum Gasteiger partial charge on any atom is -0.211 e. The molecule has 0 aliphatic heterocycles. The lowest BCUT2D eigenvalue weighted by atomic mass is 10.5. The van der Waals surface area contributed by atoms with E-state index in [9.17, 15) is 4.79 Å². The van der Waals surface area contributed by atoms with Gasteiger partial charge in [0, 0.05) is 0 Å². The van der Waals surface area contributed by atoms with E-state index in [4.69, 9.17) is 0 Å². The zero-order valence-corrected chi connectivity index (χ0v) is 5.60. The van der Waals surface area contributed by atoms with Crippen molar-refractivity contribution >= 4 is 22.0 Å². The highest BCUT2D eigenvalue weighted by Crippen LogP contribution is 2.02. The number of alkyl halides is 1. The van der Waals surface area contributed by atoms with E-state index in [0.29, 0.717) is 0 Å². The molecule has 0 aliphatic carbocycles. The molecule has 7 heavy (non-hydrogen) atoms. The molecule has 0 heterocycles. The molecular weight excluding hydrogens is 158 g/mol. The average Bonchev–Trinajstić information content (AvgIpc) is 1.68. The lowest BCUT2D eigenvalue weighted by Gasteiger charge is -1.89. The van der Waals surface area contributed by atoms with Crippen LogP contribution in [0.25, 0.3) is 0 Å². The number of carbonyl (C=O) groups excluding carboxylic acids is 1. The number of halogens is 1. The third kappa shape index (κ3) is 3.70. The van der Waals surface area contributed by atoms with E-state index in [0.717, 1.165) is 6.42 Å². The topological polar surface area (TPSA) is 29.4 Å². The third-order valence-corrected chi connectivity index (χ3v) is 1.38. The summed E-state index contributed by atoms with van der Waals surface area (Å²) in [5.74, 6) is 0. The van der Waals surface area contributed by atoms with Gasteiger partial charge in [-0.15, -0.1) is 0 Å². The van der Waals surface area contributed by atoms with Crippen molar-refractivity contribution in [3.8, 4) is 0 Å². The highest BCUT2D eigenvalue weighted by atomic mass is 79.9. The molecular formula is C4H6BrNO. The molecule has 1 atom stereocenters. The Balaban J connectivity index is 3.35. The first-order valence-electron chi connectivity index (χ1n) is 2.02. The van der Waals surface area contributed by atoms with E-state index in [1.54, 1.807) is 0 Å². The molecule has 0 bridgehead atoms. The normalized spacial score (nSPS) is 12.3. The van der Waals surface area contributed by atoms with Crippen molar-refractivity contribution in [1.82, 2.24) is 0 Å². The van der Waals surface area contributed by atoms with Gasteiger partial charge >= 0.3 is 0 Å². The number of nitrogens with zero attached hydrogens (tertiary/aromatic N) is 1. The molecule has 0 fully saturated rings. The van der Waals surface area contributed by atoms with Crippen LogP contribution in [-0.2, 0) is 4.79 Å². The van der Waals surface area contributed by atoms with Gasteiger partial charge in [-0.25, -0.2) is 4.79 Å². The fourth-order valence-electron chi connectivity index (χ4n) is 0.148. The van der Waals surface area contributed by atoms with Crippen molar-refractivity contribution in [1.29, 1.82) is 0 Å². The van der Waals surface area contributed by atoms with Crippen molar-refractivity contribution in [3.63, 3.8) is 0 Å². The highest BCUT2D eigenvalue weighted by molar-refractivity contribution is 9.09. The SMILES string of the molecule is CCC(Br)N=C=O. The summed E-state index contributed by atoms with van der Waals surface area (Å²) in [4.78, 5) is 12.8. The first kappa shape index (κ1) is 6.86. The second-order valence-electron chi connectivity index (χ2n) is 1.06. The number of aliphatic imine (C=N–C) groups is 1. The van der Waals surface area contributed by atoms with Crippen LogP contribution in [0.4, 0.5) is 0 Å². The Morgan fingerprint density at radius 3 is 2.71 bits per heavy atom. The molecule has 0 saturated heterocycles. The minimum absolute atomic E-state index is 0.0370. The molecule has 0 spiro atoms. The number of hydrogen-bond donors (Lipinski definition) is 0. The quantitative estimate of drug-likeness (QED) is 0.263. The van der Waals surface area contributed by atoms with Crippen molar-refractivity contribution in [2.75, 3.05) is 0 Å². The first-order chi connectivity index (χ1) is 3.31. The molecule has 0 radical (unpaired) electrons. The van der Waals surface area contributed by atoms with Crippen molar-refractivity contribution in [2.45, 2.75) is 18.3 Å². The second-order valence-corrected chi connectivity index (χ2v) is 2.12. The Hall–Kier alpha value is -0.140. The molecule has 0 aromatic heterocycles. The van der Waals surface area contributed by atoms with Gasteiger partial charge in [-0.05, 0) is 6.42 Å². The molecule has 0 aromatic rings. The van der Waals surface area contributed by atoms with Crippen LogP contribution in [0.5, 0.6) is 0 Å². The standard InChI is InChI=1S/C4H6BrNO/c1-2-4(5)6-3-7/h4H,2H2,1H3. The van der Waals surface area contributed by atoms with E-state index < -0.39 is 0 Å². The molecule has 0 amide bonds. The number of rotatable bonds is 2. The molecule has 40 valence electrons. The molecule has 2 nitrogen and oxygen atoms in total. The van der Waals surface area contributed by atoms with Crippen LogP contribution in [0.1, 0.15) is 13.3 Å². The molecule has 0 rings (SSSR count). The molecule has 0 aromatic carbocycles. The summed E-state index contributed by atoms with van der Waals surface area (Å²) in [7, 11) is 0. The van der Waals surface area contributed by atoms with E-state index in [2.05, 4.69) is 20.9 Å². The predicted molar refractivity (Wildman–Crippen MR) is 31.1 cm³/mol. The summed E-state index contributed by atoms with van der Waals surface area (Å²) >= 11 is 3.11. The lowest BCUT2D eigenvalue weighted by Crippen LogP contribution is -1.85. The van der Waals surface area contributed by atoms with Crippen LogP contribution >= 0.6 is 15.9 Å². The van der Waals surface area contributed by atoms with Gasteiger partial charge in [-0.3, -0.25) is 0 Å². The van der Waals surface area contributed by atoms with Gasteiger partial charge in [-0.2, -0.15) is 4.99 Å². The van der Waals surface area contributed by atoms with Gasteiger partial charge < -0.3 is 0 Å². The van der Waals surface area contributed by atoms with Crippen molar-refractivity contribution in [3.05, 3.63) is 0 Å². The van der Waals surface area contributed by atoms with Gasteiger partial charge in [0.05, 0.1) is 0 Å². The van der Waals surface area contributed by atoms with Gasteiger partial charge in [0.15, 0.2) is 0 Å². The Morgan fingerprint density at radius 1 is 2.00 bits per heavy atom. The average molecular weight is 164 g/mol. The van der Waals surface area contributed by atoms with Crippen LogP contribution in [0.2, 0.25) is 0 Å². The summed E-state index contributed by atoms with van der Waals surface area (Å²) in [6, 6.07) is 0. The Morgan fingerprint density at radius 2 is 2.57 bits per heavy atom. The number of hydrogen-bond acceptors (Lipinski definition) is 2. The fourth-order valence-corrected chi connectivity index (χ4v) is 0.232. The summed E-state index contributed by atoms with van der Waals surface area (Å²) < 4.78 is 0. The largest absolute Gasteiger partial charge is 0.236 e. The van der Waals surface area contributed by atoms with Crippen LogP contribution in [0.3, 0.4) is 0 Å². The second kappa shape index (κ2) is 4.03. The monoisotopic (exact) mass is 163 g/mol. The van der Waals surface area contributed by atoms with Crippen LogP contribution in [-0.4, -0.2) is 11.0 Å². The smallest absolute Gasteiger partial charge is 0.211 e. The minimum atomic E-state index is -0.0370. The van der Waals surface area contributed by atoms with Crippen molar-refractivity contribution in [2.24, 2.45) is 4.99 Å². The van der Waals surface area contributed by atoms with Crippen LogP contribution < -0.4 is 0 Å². The summed E-state index contributed by atoms with van der Waals surface area (Å²) in [5.41, 5.74) is 0. The summed E-state index contributed by atoms with van der Waals surface area (Å²) in [5, 5.41) is 0. The highest BCUT2D eigenvalue weighted by Gasteiger charge is 1.91. The maximum Gasteiger partial charge on any atom is 0.236 e. The van der Waals surface area contributed by atoms with Crippen LogP contribution in [0.15, 0.2) is 4.99 Å². The summed E-state index contributed by atoms with van der Waals surface area (Å²) in [6.45, 7) is 1.93. The maximum atomic E-state index is 9.45. The van der Waals surface area contributed by atoms with E-state index in [1.807, 2.05) is 6.92 Å². The van der Waals surface area contributed by atoms with Gasteiger partial charge in [0.25, 0.3) is 0 Å². The van der Waals surface area contributed by atoms with Gasteiger partial charge in [-0.1, -0.05) is 22.9 Å². The zero-order chi connectivity index (χ0) is 5.70. The first-order valence-corrected chi connectivity index (χ1v) is 2.94. The van der Waals surface area contributed by atoms with Gasteiger partial charge in [0.2, 0.25) is 6.08 Å². The Kier molecular flexibility index (Phi) is 3.95. The predicted octanol–water partition coefficient (Wildman–Crippen LogP) is 1.45. The molecule has 0 saturated carbocycles. The molecule has 0 N–H and O–H groups in total. The lowest BCUT2D eigenvalue weighted by molar-refractivity contribution is 0.562. The van der Waals surface area contributed by atoms with E-state index in [1.165, 1.54) is 6.08 Å². The molecule has 3 heteroatoms. The van der Waals surface area contributed by atoms with E-state index in [-0.39, 0.29) is 4.95 Å². The maximum absolute atomic E-state index is 9.45. The van der Waals surface area contributed by atoms with Gasteiger partial charge in [0.1, 0.15) is 4.95 Å². The Bertz CT molecular complexity index is 87.7.